The van der Waals surface area contributed by atoms with Crippen molar-refractivity contribution in [1.82, 2.24) is 0 Å². The lowest BCUT2D eigenvalue weighted by Crippen LogP contribution is -2.00. The van der Waals surface area contributed by atoms with E-state index in [0.29, 0.717) is 23.1 Å². The Morgan fingerprint density at radius 2 is 1.12 bits per heavy atom. The fourth-order valence-electron chi connectivity index (χ4n) is 3.31. The molecule has 0 saturated carbocycles. The SMILES string of the molecule is CCc1ccc(-c2cc(CC)c(-c3ccc(CC)cc3)c(F)c2F)cc1. The Hall–Kier alpha value is -2.48. The third-order valence-electron chi connectivity index (χ3n) is 4.99. The summed E-state index contributed by atoms with van der Waals surface area (Å²) >= 11 is 0. The van der Waals surface area contributed by atoms with E-state index >= 15 is 4.39 Å². The Bertz CT molecular complexity index is 891. The molecule has 0 aliphatic carbocycles. The minimum absolute atomic E-state index is 0.330. The van der Waals surface area contributed by atoms with Gasteiger partial charge in [-0.1, -0.05) is 69.3 Å². The van der Waals surface area contributed by atoms with Gasteiger partial charge in [0.1, 0.15) is 0 Å². The highest BCUT2D eigenvalue weighted by atomic mass is 19.2. The summed E-state index contributed by atoms with van der Waals surface area (Å²) in [6, 6.07) is 17.2. The monoisotopic (exact) mass is 350 g/mol. The van der Waals surface area contributed by atoms with Crippen molar-refractivity contribution in [3.63, 3.8) is 0 Å². The molecule has 0 N–H and O–H groups in total. The predicted octanol–water partition coefficient (Wildman–Crippen LogP) is 6.99. The molecule has 0 aromatic heterocycles. The number of hydrogen-bond donors (Lipinski definition) is 0. The van der Waals surface area contributed by atoms with Crippen LogP contribution in [0.15, 0.2) is 54.6 Å². The molecule has 0 bridgehead atoms. The molecule has 0 fully saturated rings. The van der Waals surface area contributed by atoms with Gasteiger partial charge in [0, 0.05) is 11.1 Å². The largest absolute Gasteiger partial charge is 0.203 e. The van der Waals surface area contributed by atoms with Crippen LogP contribution in [0.2, 0.25) is 0 Å². The van der Waals surface area contributed by atoms with Crippen LogP contribution >= 0.6 is 0 Å². The second-order valence-corrected chi connectivity index (χ2v) is 6.54. The van der Waals surface area contributed by atoms with Crippen LogP contribution in [0, 0.1) is 11.6 Å². The molecule has 0 radical (unpaired) electrons. The van der Waals surface area contributed by atoms with Gasteiger partial charge in [-0.15, -0.1) is 0 Å². The maximum atomic E-state index is 15.0. The van der Waals surface area contributed by atoms with Gasteiger partial charge < -0.3 is 0 Å². The molecule has 26 heavy (non-hydrogen) atoms. The predicted molar refractivity (Wildman–Crippen MR) is 105 cm³/mol. The van der Waals surface area contributed by atoms with Gasteiger partial charge in [0.2, 0.25) is 0 Å². The lowest BCUT2D eigenvalue weighted by Gasteiger charge is -2.15. The molecule has 3 aromatic carbocycles. The van der Waals surface area contributed by atoms with Crippen LogP contribution in [0.5, 0.6) is 0 Å². The van der Waals surface area contributed by atoms with Crippen LogP contribution in [-0.4, -0.2) is 0 Å². The first-order chi connectivity index (χ1) is 12.6. The van der Waals surface area contributed by atoms with Crippen molar-refractivity contribution in [2.75, 3.05) is 0 Å². The highest BCUT2D eigenvalue weighted by molar-refractivity contribution is 5.75. The first-order valence-corrected chi connectivity index (χ1v) is 9.28. The van der Waals surface area contributed by atoms with Gasteiger partial charge in [0.25, 0.3) is 0 Å². The zero-order valence-corrected chi connectivity index (χ0v) is 15.6. The Morgan fingerprint density at radius 3 is 1.58 bits per heavy atom. The van der Waals surface area contributed by atoms with Crippen molar-refractivity contribution in [2.24, 2.45) is 0 Å². The minimum atomic E-state index is -0.777. The Morgan fingerprint density at radius 1 is 0.615 bits per heavy atom. The van der Waals surface area contributed by atoms with Gasteiger partial charge >= 0.3 is 0 Å². The van der Waals surface area contributed by atoms with E-state index in [2.05, 4.69) is 13.8 Å². The fourth-order valence-corrected chi connectivity index (χ4v) is 3.31. The van der Waals surface area contributed by atoms with Crippen molar-refractivity contribution in [2.45, 2.75) is 40.0 Å². The van der Waals surface area contributed by atoms with E-state index in [4.69, 9.17) is 0 Å². The van der Waals surface area contributed by atoms with E-state index < -0.39 is 11.6 Å². The van der Waals surface area contributed by atoms with Crippen molar-refractivity contribution in [1.29, 1.82) is 0 Å². The lowest BCUT2D eigenvalue weighted by molar-refractivity contribution is 0.512. The van der Waals surface area contributed by atoms with Gasteiger partial charge in [0.05, 0.1) is 0 Å². The standard InChI is InChI=1S/C24H24F2/c1-4-16-7-11-19(12-8-16)21-15-18(6-3)22(24(26)23(21)25)20-13-9-17(5-2)10-14-20/h7-15H,4-6H2,1-3H3. The summed E-state index contributed by atoms with van der Waals surface area (Å²) in [5.74, 6) is -1.54. The van der Waals surface area contributed by atoms with Crippen molar-refractivity contribution in [3.8, 4) is 22.3 Å². The summed E-state index contributed by atoms with van der Waals surface area (Å²) in [7, 11) is 0. The van der Waals surface area contributed by atoms with Gasteiger partial charge in [0.15, 0.2) is 11.6 Å². The third kappa shape index (κ3) is 3.41. The van der Waals surface area contributed by atoms with E-state index in [9.17, 15) is 4.39 Å². The Balaban J connectivity index is 2.13. The lowest BCUT2D eigenvalue weighted by atomic mass is 9.91. The summed E-state index contributed by atoms with van der Waals surface area (Å²) in [5.41, 5.74) is 5.32. The number of benzene rings is 3. The molecular formula is C24H24F2. The van der Waals surface area contributed by atoms with Crippen molar-refractivity contribution in [3.05, 3.63) is 82.9 Å². The zero-order valence-electron chi connectivity index (χ0n) is 15.6. The smallest absolute Gasteiger partial charge is 0.167 e. The summed E-state index contributed by atoms with van der Waals surface area (Å²) in [5, 5.41) is 0. The molecule has 134 valence electrons. The van der Waals surface area contributed by atoms with Gasteiger partial charge in [-0.3, -0.25) is 0 Å². The van der Waals surface area contributed by atoms with E-state index in [1.807, 2.05) is 55.5 Å². The van der Waals surface area contributed by atoms with Crippen molar-refractivity contribution >= 4 is 0 Å². The number of hydrogen-bond acceptors (Lipinski definition) is 0. The summed E-state index contributed by atoms with van der Waals surface area (Å²) < 4.78 is 29.9. The molecular weight excluding hydrogens is 326 g/mol. The topological polar surface area (TPSA) is 0 Å². The second-order valence-electron chi connectivity index (χ2n) is 6.54. The maximum absolute atomic E-state index is 15.0. The molecule has 3 aromatic rings. The average molecular weight is 350 g/mol. The van der Waals surface area contributed by atoms with Crippen LogP contribution in [0.4, 0.5) is 8.78 Å². The average Bonchev–Trinajstić information content (AvgIpc) is 2.70. The maximum Gasteiger partial charge on any atom is 0.167 e. The van der Waals surface area contributed by atoms with Crippen molar-refractivity contribution < 1.29 is 8.78 Å². The quantitative estimate of drug-likeness (QED) is 0.465. The molecule has 0 amide bonds. The molecule has 0 saturated heterocycles. The first kappa shape index (κ1) is 18.3. The number of rotatable bonds is 5. The number of aryl methyl sites for hydroxylation is 3. The molecule has 0 atom stereocenters. The fraction of sp³-hybridized carbons (Fsp3) is 0.250. The molecule has 0 unspecified atom stereocenters. The van der Waals surface area contributed by atoms with E-state index in [1.165, 1.54) is 11.1 Å². The van der Waals surface area contributed by atoms with Crippen LogP contribution in [0.3, 0.4) is 0 Å². The van der Waals surface area contributed by atoms with E-state index in [1.54, 1.807) is 6.07 Å². The summed E-state index contributed by atoms with van der Waals surface area (Å²) in [6.45, 7) is 6.12. The van der Waals surface area contributed by atoms with Crippen LogP contribution in [-0.2, 0) is 19.3 Å². The minimum Gasteiger partial charge on any atom is -0.203 e. The normalized spacial score (nSPS) is 11.0. The molecule has 0 aliphatic heterocycles. The molecule has 0 spiro atoms. The van der Waals surface area contributed by atoms with Crippen LogP contribution in [0.25, 0.3) is 22.3 Å². The third-order valence-corrected chi connectivity index (χ3v) is 4.99. The second kappa shape index (κ2) is 7.82. The highest BCUT2D eigenvalue weighted by Gasteiger charge is 2.20. The number of halogens is 2. The first-order valence-electron chi connectivity index (χ1n) is 9.28. The van der Waals surface area contributed by atoms with Gasteiger partial charge in [-0.05, 0) is 53.1 Å². The molecule has 0 heterocycles. The van der Waals surface area contributed by atoms with Crippen LogP contribution < -0.4 is 0 Å². The molecule has 0 nitrogen and oxygen atoms in total. The Labute approximate surface area is 154 Å². The molecule has 3 rings (SSSR count). The summed E-state index contributed by atoms with van der Waals surface area (Å²) in [6.07, 6.45) is 2.48. The summed E-state index contributed by atoms with van der Waals surface area (Å²) in [4.78, 5) is 0. The van der Waals surface area contributed by atoms with E-state index in [0.717, 1.165) is 24.0 Å². The van der Waals surface area contributed by atoms with Gasteiger partial charge in [-0.25, -0.2) is 8.78 Å². The van der Waals surface area contributed by atoms with Crippen LogP contribution in [0.1, 0.15) is 37.5 Å². The molecule has 2 heteroatoms. The van der Waals surface area contributed by atoms with E-state index in [-0.39, 0.29) is 0 Å². The zero-order chi connectivity index (χ0) is 18.7. The highest BCUT2D eigenvalue weighted by Crippen LogP contribution is 2.35. The Kier molecular flexibility index (Phi) is 5.51. The van der Waals surface area contributed by atoms with Gasteiger partial charge in [-0.2, -0.15) is 0 Å². The molecule has 0 aliphatic rings.